The average Bonchev–Trinajstić information content (AvgIpc) is 4.21. The van der Waals surface area contributed by atoms with E-state index in [0.717, 1.165) is 86.2 Å². The summed E-state index contributed by atoms with van der Waals surface area (Å²) in [6.07, 6.45) is 38.8. The molecule has 9 aromatic rings. The SMILES string of the molecule is Cn1ccnc1-c1nccn1C.Cn1ccnc1-c1nccn1C.[CH2-][n+]1ccc(C(CC)CC(CC(CC)c2cc[n+](CCCCc3ccnc(-c4ccccn4)c3)cc2)c2ccncc2)cc1.[Os].[W]. The van der Waals surface area contributed by atoms with Gasteiger partial charge in [-0.3, -0.25) is 15.0 Å². The Bertz CT molecular complexity index is 2700. The molecule has 0 spiro atoms. The number of pyridine rings is 5. The summed E-state index contributed by atoms with van der Waals surface area (Å²) in [6.45, 7) is 5.66. The van der Waals surface area contributed by atoms with Crippen LogP contribution in [0, 0.1) is 7.05 Å². The Morgan fingerprint density at radius 1 is 0.500 bits per heavy atom. The van der Waals surface area contributed by atoms with E-state index in [1.54, 1.807) is 24.8 Å². The molecule has 15 heteroatoms. The minimum Gasteiger partial charge on any atom is -0.339 e. The largest absolute Gasteiger partial charge is 0.339 e. The monoisotopic (exact) mass is 1280 g/mol. The Kier molecular flexibility index (Phi) is 21.8. The summed E-state index contributed by atoms with van der Waals surface area (Å²) in [7, 11) is 11.8. The van der Waals surface area contributed by atoms with E-state index in [4.69, 9.17) is 0 Å². The minimum absolute atomic E-state index is 0. The van der Waals surface area contributed by atoms with E-state index in [-0.39, 0.29) is 40.9 Å². The zero-order chi connectivity index (χ0) is 47.7. The molecule has 0 aromatic carbocycles. The van der Waals surface area contributed by atoms with Crippen LogP contribution in [0.2, 0.25) is 0 Å². The van der Waals surface area contributed by atoms with Crippen LogP contribution in [-0.2, 0) is 82.0 Å². The van der Waals surface area contributed by atoms with Crippen LogP contribution in [-0.4, -0.2) is 53.2 Å². The first-order chi connectivity index (χ1) is 33.2. The van der Waals surface area contributed by atoms with Crippen molar-refractivity contribution in [1.29, 1.82) is 0 Å². The fourth-order valence-electron chi connectivity index (χ4n) is 8.63. The first-order valence-electron chi connectivity index (χ1n) is 23.7. The van der Waals surface area contributed by atoms with Crippen molar-refractivity contribution in [2.24, 2.45) is 28.2 Å². The fraction of sp³-hybridized carbons (Fsp3) is 0.309. The molecule has 70 heavy (non-hydrogen) atoms. The van der Waals surface area contributed by atoms with Crippen LogP contribution in [0.25, 0.3) is 34.7 Å². The number of unbranched alkanes of at least 4 members (excludes halogenated alkanes) is 1. The Morgan fingerprint density at radius 3 is 1.41 bits per heavy atom. The van der Waals surface area contributed by atoms with Crippen molar-refractivity contribution in [3.8, 4) is 34.7 Å². The third kappa shape index (κ3) is 15.1. The molecule has 3 unspecified atom stereocenters. The van der Waals surface area contributed by atoms with Crippen LogP contribution in [0.1, 0.15) is 92.4 Å². The van der Waals surface area contributed by atoms with Gasteiger partial charge in [-0.25, -0.2) is 24.5 Å². The Morgan fingerprint density at radius 2 is 0.971 bits per heavy atom. The van der Waals surface area contributed by atoms with Crippen LogP contribution in [0.15, 0.2) is 166 Å². The van der Waals surface area contributed by atoms with Crippen LogP contribution < -0.4 is 9.13 Å². The van der Waals surface area contributed by atoms with Crippen molar-refractivity contribution in [2.75, 3.05) is 0 Å². The molecule has 0 saturated carbocycles. The number of aromatic nitrogens is 13. The molecular weight excluding hydrogens is 1220 g/mol. The summed E-state index contributed by atoms with van der Waals surface area (Å²) in [5.74, 6) is 5.06. The molecule has 0 radical (unpaired) electrons. The van der Waals surface area contributed by atoms with Gasteiger partial charge in [0, 0.05) is 169 Å². The van der Waals surface area contributed by atoms with E-state index in [0.29, 0.717) is 17.8 Å². The van der Waals surface area contributed by atoms with Gasteiger partial charge >= 0.3 is 0 Å². The van der Waals surface area contributed by atoms with Gasteiger partial charge in [-0.1, -0.05) is 37.6 Å². The molecule has 0 aliphatic rings. The number of imidazole rings is 4. The van der Waals surface area contributed by atoms with Crippen LogP contribution >= 0.6 is 0 Å². The van der Waals surface area contributed by atoms with Gasteiger partial charge in [0.2, 0.25) is 0 Å². The predicted molar refractivity (Wildman–Crippen MR) is 268 cm³/mol. The molecule has 9 rings (SSSR count). The second-order valence-corrected chi connectivity index (χ2v) is 17.3. The summed E-state index contributed by atoms with van der Waals surface area (Å²) in [4.78, 5) is 30.1. The number of aryl methyl sites for hydroxylation is 6. The molecule has 0 aliphatic carbocycles. The van der Waals surface area contributed by atoms with Gasteiger partial charge in [0.15, 0.2) is 35.7 Å². The summed E-state index contributed by atoms with van der Waals surface area (Å²) in [5, 5.41) is 0. The number of rotatable bonds is 17. The summed E-state index contributed by atoms with van der Waals surface area (Å²) >= 11 is 0. The average molecular weight is 1280 g/mol. The van der Waals surface area contributed by atoms with E-state index < -0.39 is 0 Å². The Labute approximate surface area is 441 Å². The number of hydrogen-bond donors (Lipinski definition) is 0. The second-order valence-electron chi connectivity index (χ2n) is 17.3. The van der Waals surface area contributed by atoms with Crippen LogP contribution in [0.5, 0.6) is 0 Å². The molecule has 13 nitrogen and oxygen atoms in total. The predicted octanol–water partition coefficient (Wildman–Crippen LogP) is 9.66. The molecule has 0 fully saturated rings. The zero-order valence-electron chi connectivity index (χ0n) is 41.3. The van der Waals surface area contributed by atoms with E-state index in [2.05, 4.69) is 134 Å². The number of nitrogens with zero attached hydrogens (tertiary/aromatic N) is 13. The van der Waals surface area contributed by atoms with Gasteiger partial charge in [-0.15, -0.1) is 0 Å². The van der Waals surface area contributed by atoms with Gasteiger partial charge in [0.05, 0.1) is 23.8 Å². The van der Waals surface area contributed by atoms with Gasteiger partial charge in [-0.2, -0.15) is 0 Å². The van der Waals surface area contributed by atoms with Gasteiger partial charge in [0.1, 0.15) is 6.54 Å². The maximum absolute atomic E-state index is 4.51. The molecule has 0 amide bonds. The summed E-state index contributed by atoms with van der Waals surface area (Å²) < 4.78 is 12.0. The Hall–Kier alpha value is -6.22. The van der Waals surface area contributed by atoms with E-state index in [9.17, 15) is 0 Å². The third-order valence-corrected chi connectivity index (χ3v) is 12.6. The summed E-state index contributed by atoms with van der Waals surface area (Å²) in [6, 6.07) is 23.8. The first kappa shape index (κ1) is 54.7. The maximum Gasteiger partial charge on any atom is 0.176 e. The van der Waals surface area contributed by atoms with Gasteiger partial charge < -0.3 is 22.8 Å². The van der Waals surface area contributed by atoms with E-state index in [1.165, 1.54) is 22.3 Å². The smallest absolute Gasteiger partial charge is 0.176 e. The van der Waals surface area contributed by atoms with Crippen molar-refractivity contribution in [1.82, 2.24) is 53.2 Å². The van der Waals surface area contributed by atoms with Gasteiger partial charge in [0.25, 0.3) is 0 Å². The molecule has 364 valence electrons. The zero-order valence-corrected chi connectivity index (χ0v) is 46.7. The molecule has 0 saturated heterocycles. The quantitative estimate of drug-likeness (QED) is 0.0507. The van der Waals surface area contributed by atoms with Crippen molar-refractivity contribution >= 4 is 0 Å². The third-order valence-electron chi connectivity index (χ3n) is 12.6. The molecule has 0 N–H and O–H groups in total. The molecule has 0 bridgehead atoms. The molecular formula is C55H66N13OsW+. The molecule has 9 aromatic heterocycles. The Balaban J connectivity index is 0.000000283. The second kappa shape index (κ2) is 27.8. The van der Waals surface area contributed by atoms with Crippen molar-refractivity contribution in [3.63, 3.8) is 0 Å². The standard InChI is InChI=1S/C39H46N5.2C8H10N4.Os.W/c1-4-32(35-15-24-43(3)25-16-35)29-37(34-13-20-40-21-14-34)30-33(5-2)36-17-26-44(27-18-36)23-9-7-10-31-12-22-42-39(28-31)38-11-6-8-19-41-38;2*1-11-5-3-9-7(11)8-10-4-6-12(8)2;;/h6,8,11-22,24-28,32-33,37H,3-5,7,9-10,23,29-30H2,1-2H3;2*3-6H,1-2H3;;/q+1;;;;. The van der Waals surface area contributed by atoms with E-state index >= 15 is 0 Å². The van der Waals surface area contributed by atoms with Crippen molar-refractivity contribution < 1.29 is 50.0 Å². The van der Waals surface area contributed by atoms with Crippen molar-refractivity contribution in [2.45, 2.75) is 83.1 Å². The minimum atomic E-state index is 0. The fourth-order valence-corrected chi connectivity index (χ4v) is 8.63. The van der Waals surface area contributed by atoms with Gasteiger partial charge in [-0.05, 0) is 109 Å². The molecule has 3 atom stereocenters. The normalized spacial score (nSPS) is 12.0. The van der Waals surface area contributed by atoms with E-state index in [1.807, 2.05) is 119 Å². The summed E-state index contributed by atoms with van der Waals surface area (Å²) in [5.41, 5.74) is 7.43. The molecule has 0 aliphatic heterocycles. The molecule has 9 heterocycles. The topological polar surface area (TPSA) is 118 Å². The number of hydrogen-bond acceptors (Lipinski definition) is 7. The van der Waals surface area contributed by atoms with Crippen molar-refractivity contribution in [3.05, 3.63) is 195 Å². The van der Waals surface area contributed by atoms with Crippen LogP contribution in [0.4, 0.5) is 0 Å². The maximum atomic E-state index is 4.51. The van der Waals surface area contributed by atoms with Crippen LogP contribution in [0.3, 0.4) is 0 Å². The first-order valence-corrected chi connectivity index (χ1v) is 23.7.